The van der Waals surface area contributed by atoms with Gasteiger partial charge in [0.15, 0.2) is 0 Å². The van der Waals surface area contributed by atoms with Crippen molar-refractivity contribution in [3.05, 3.63) is 69.6 Å². The van der Waals surface area contributed by atoms with E-state index in [9.17, 15) is 0 Å². The molecule has 0 spiro atoms. The van der Waals surface area contributed by atoms with Gasteiger partial charge in [0.2, 0.25) is 5.95 Å². The molecule has 0 saturated heterocycles. The van der Waals surface area contributed by atoms with Crippen molar-refractivity contribution in [1.29, 1.82) is 0 Å². The number of allylic oxidation sites excluding steroid dienone is 1. The highest BCUT2D eigenvalue weighted by molar-refractivity contribution is 7.10. The number of hydrogen-bond donors (Lipinski definition) is 1. The van der Waals surface area contributed by atoms with Crippen molar-refractivity contribution < 1.29 is 0 Å². The second-order valence-corrected chi connectivity index (χ2v) is 6.12. The first-order valence-electron chi connectivity index (χ1n) is 6.49. The van der Waals surface area contributed by atoms with Gasteiger partial charge < -0.3 is 5.32 Å². The van der Waals surface area contributed by atoms with Crippen LogP contribution in [0.25, 0.3) is 5.70 Å². The van der Waals surface area contributed by atoms with Crippen LogP contribution in [0, 0.1) is 0 Å². The van der Waals surface area contributed by atoms with Crippen molar-refractivity contribution in [3.63, 3.8) is 0 Å². The number of fused-ring (bicyclic) bond motifs is 1. The third-order valence-corrected chi connectivity index (χ3v) is 4.59. The second-order valence-electron chi connectivity index (χ2n) is 4.70. The summed E-state index contributed by atoms with van der Waals surface area (Å²) in [6.45, 7) is 0. The molecule has 1 aliphatic rings. The summed E-state index contributed by atoms with van der Waals surface area (Å²) in [4.78, 5) is 5.52. The van der Waals surface area contributed by atoms with Gasteiger partial charge in [-0.2, -0.15) is 10.1 Å². The fraction of sp³-hybridized carbons (Fsp3) is 0.0667. The molecule has 1 atom stereocenters. The van der Waals surface area contributed by atoms with Gasteiger partial charge in [-0.15, -0.1) is 11.3 Å². The van der Waals surface area contributed by atoms with E-state index < -0.39 is 0 Å². The summed E-state index contributed by atoms with van der Waals surface area (Å²) < 4.78 is 1.89. The van der Waals surface area contributed by atoms with Gasteiger partial charge >= 0.3 is 0 Å². The maximum atomic E-state index is 5.96. The van der Waals surface area contributed by atoms with Crippen LogP contribution in [0.3, 0.4) is 0 Å². The molecule has 0 fully saturated rings. The minimum Gasteiger partial charge on any atom is -0.324 e. The maximum absolute atomic E-state index is 5.96. The van der Waals surface area contributed by atoms with E-state index in [1.165, 1.54) is 4.88 Å². The van der Waals surface area contributed by atoms with Crippen LogP contribution in [-0.4, -0.2) is 14.8 Å². The van der Waals surface area contributed by atoms with Crippen LogP contribution in [0.2, 0.25) is 5.02 Å². The zero-order valence-electron chi connectivity index (χ0n) is 10.9. The first-order chi connectivity index (χ1) is 10.3. The number of benzene rings is 1. The number of nitrogens with zero attached hydrogens (tertiary/aromatic N) is 3. The molecule has 0 bridgehead atoms. The zero-order chi connectivity index (χ0) is 14.2. The predicted octanol–water partition coefficient (Wildman–Crippen LogP) is 4.05. The normalized spacial score (nSPS) is 17.0. The summed E-state index contributed by atoms with van der Waals surface area (Å²) in [6.07, 6.45) is 3.73. The van der Waals surface area contributed by atoms with Crippen molar-refractivity contribution in [1.82, 2.24) is 14.8 Å². The number of thiophene rings is 1. The Bertz CT molecular complexity index is 789. The molecule has 3 aromatic rings. The Hall–Kier alpha value is -2.11. The van der Waals surface area contributed by atoms with E-state index in [0.29, 0.717) is 0 Å². The molecule has 0 unspecified atom stereocenters. The molecular formula is C15H11ClN4S. The van der Waals surface area contributed by atoms with Gasteiger partial charge in [0, 0.05) is 15.6 Å². The van der Waals surface area contributed by atoms with Crippen molar-refractivity contribution in [2.45, 2.75) is 6.04 Å². The predicted molar refractivity (Wildman–Crippen MR) is 85.5 cm³/mol. The smallest absolute Gasteiger partial charge is 0.226 e. The van der Waals surface area contributed by atoms with E-state index in [4.69, 9.17) is 11.6 Å². The van der Waals surface area contributed by atoms with Gasteiger partial charge in [0.25, 0.3) is 0 Å². The van der Waals surface area contributed by atoms with Crippen LogP contribution < -0.4 is 5.32 Å². The van der Waals surface area contributed by atoms with Crippen molar-refractivity contribution >= 4 is 34.6 Å². The van der Waals surface area contributed by atoms with E-state index in [1.54, 1.807) is 17.7 Å². The number of anilines is 1. The lowest BCUT2D eigenvalue weighted by Crippen LogP contribution is -2.19. The molecule has 0 amide bonds. The Morgan fingerprint density at radius 2 is 2.05 bits per heavy atom. The minimum atomic E-state index is 0.0643. The first-order valence-corrected chi connectivity index (χ1v) is 7.75. The molecule has 3 heterocycles. The van der Waals surface area contributed by atoms with Crippen LogP contribution >= 0.6 is 22.9 Å². The van der Waals surface area contributed by atoms with Gasteiger partial charge in [-0.1, -0.05) is 29.8 Å². The minimum absolute atomic E-state index is 0.0643. The molecule has 4 rings (SSSR count). The molecular weight excluding hydrogens is 304 g/mol. The summed E-state index contributed by atoms with van der Waals surface area (Å²) in [5.74, 6) is 0.751. The molecule has 6 heteroatoms. The first kappa shape index (κ1) is 12.6. The van der Waals surface area contributed by atoms with Gasteiger partial charge in [-0.25, -0.2) is 4.68 Å². The molecule has 1 aromatic carbocycles. The summed E-state index contributed by atoms with van der Waals surface area (Å²) >= 11 is 7.67. The largest absolute Gasteiger partial charge is 0.324 e. The Kier molecular flexibility index (Phi) is 3.02. The van der Waals surface area contributed by atoms with Crippen LogP contribution in [0.4, 0.5) is 5.95 Å². The second kappa shape index (κ2) is 5.02. The van der Waals surface area contributed by atoms with Crippen molar-refractivity contribution in [2.75, 3.05) is 5.32 Å². The molecule has 0 radical (unpaired) electrons. The van der Waals surface area contributed by atoms with E-state index in [-0.39, 0.29) is 6.04 Å². The topological polar surface area (TPSA) is 42.7 Å². The van der Waals surface area contributed by atoms with Gasteiger partial charge in [-0.3, -0.25) is 0 Å². The van der Waals surface area contributed by atoms with Gasteiger partial charge in [0.05, 0.1) is 0 Å². The van der Waals surface area contributed by atoms with Gasteiger partial charge in [-0.05, 0) is 35.2 Å². The van der Waals surface area contributed by atoms with Crippen molar-refractivity contribution in [2.24, 2.45) is 0 Å². The Balaban J connectivity index is 1.80. The summed E-state index contributed by atoms with van der Waals surface area (Å²) in [5.41, 5.74) is 2.10. The third-order valence-electron chi connectivity index (χ3n) is 3.40. The Morgan fingerprint density at radius 1 is 1.19 bits per heavy atom. The van der Waals surface area contributed by atoms with Crippen LogP contribution in [0.1, 0.15) is 16.5 Å². The highest BCUT2D eigenvalue weighted by atomic mass is 35.5. The highest BCUT2D eigenvalue weighted by Gasteiger charge is 2.23. The lowest BCUT2D eigenvalue weighted by Gasteiger charge is -2.23. The SMILES string of the molecule is Clc1ccc(C2=C[C@H](c3cccs3)n3ncnc3N2)cc1. The summed E-state index contributed by atoms with van der Waals surface area (Å²) in [6, 6.07) is 12.0. The quantitative estimate of drug-likeness (QED) is 0.776. The third kappa shape index (κ3) is 2.24. The summed E-state index contributed by atoms with van der Waals surface area (Å²) in [7, 11) is 0. The Labute approximate surface area is 130 Å². The number of rotatable bonds is 2. The zero-order valence-corrected chi connectivity index (χ0v) is 12.5. The van der Waals surface area contributed by atoms with Crippen LogP contribution in [-0.2, 0) is 0 Å². The highest BCUT2D eigenvalue weighted by Crippen LogP contribution is 2.33. The number of hydrogen-bond acceptors (Lipinski definition) is 4. The Morgan fingerprint density at radius 3 is 2.81 bits per heavy atom. The van der Waals surface area contributed by atoms with E-state index >= 15 is 0 Å². The molecule has 4 nitrogen and oxygen atoms in total. The molecule has 2 aromatic heterocycles. The summed E-state index contributed by atoms with van der Waals surface area (Å²) in [5, 5.41) is 10.4. The standard InChI is InChI=1S/C15H11ClN4S/c16-11-5-3-10(4-6-11)12-8-13(14-2-1-7-21-14)20-15(19-12)17-9-18-20/h1-9,13H,(H,17,18,19)/t13-/m1/s1. The van der Waals surface area contributed by atoms with E-state index in [0.717, 1.165) is 22.2 Å². The lowest BCUT2D eigenvalue weighted by atomic mass is 10.1. The van der Waals surface area contributed by atoms with E-state index in [2.05, 4.69) is 39.0 Å². The van der Waals surface area contributed by atoms with Crippen LogP contribution in [0.5, 0.6) is 0 Å². The molecule has 104 valence electrons. The molecule has 21 heavy (non-hydrogen) atoms. The average Bonchev–Trinajstić information content (AvgIpc) is 3.18. The van der Waals surface area contributed by atoms with Crippen molar-refractivity contribution in [3.8, 4) is 0 Å². The maximum Gasteiger partial charge on any atom is 0.226 e. The monoisotopic (exact) mass is 314 g/mol. The molecule has 0 saturated carbocycles. The molecule has 0 aliphatic carbocycles. The number of aromatic nitrogens is 3. The fourth-order valence-electron chi connectivity index (χ4n) is 2.39. The lowest BCUT2D eigenvalue weighted by molar-refractivity contribution is 0.620. The number of halogens is 1. The van der Waals surface area contributed by atoms with Gasteiger partial charge in [0.1, 0.15) is 12.4 Å². The van der Waals surface area contributed by atoms with Crippen LogP contribution in [0.15, 0.2) is 54.2 Å². The average molecular weight is 315 g/mol. The number of nitrogens with one attached hydrogen (secondary N) is 1. The van der Waals surface area contributed by atoms with E-state index in [1.807, 2.05) is 28.9 Å². The fourth-order valence-corrected chi connectivity index (χ4v) is 3.30. The molecule has 1 aliphatic heterocycles. The molecule has 1 N–H and O–H groups in total.